The molecule has 2 N–H and O–H groups in total. The molecule has 37 heavy (non-hydrogen) atoms. The van der Waals surface area contributed by atoms with E-state index in [-0.39, 0.29) is 37.1 Å². The highest BCUT2D eigenvalue weighted by Crippen LogP contribution is 2.40. The molecule has 5 rings (SSSR count). The van der Waals surface area contributed by atoms with Crippen LogP contribution in [0.5, 0.6) is 0 Å². The van der Waals surface area contributed by atoms with Crippen LogP contribution in [0.1, 0.15) is 68.9 Å². The van der Waals surface area contributed by atoms with Gasteiger partial charge in [0.05, 0.1) is 24.7 Å². The Morgan fingerprint density at radius 1 is 1.03 bits per heavy atom. The fourth-order valence-corrected chi connectivity index (χ4v) is 6.59. The average molecular weight is 515 g/mol. The first kappa shape index (κ1) is 26.8. The Kier molecular flexibility index (Phi) is 9.32. The highest BCUT2D eigenvalue weighted by atomic mass is 16.7. The largest absolute Gasteiger partial charge is 0.481 e. The summed E-state index contributed by atoms with van der Waals surface area (Å²) in [6, 6.07) is 8.65. The summed E-state index contributed by atoms with van der Waals surface area (Å²) < 4.78 is 24.5. The summed E-state index contributed by atoms with van der Waals surface area (Å²) in [7, 11) is 0. The van der Waals surface area contributed by atoms with E-state index >= 15 is 0 Å². The van der Waals surface area contributed by atoms with Crippen LogP contribution in [0.4, 0.5) is 0 Å². The van der Waals surface area contributed by atoms with E-state index in [2.05, 4.69) is 36.4 Å². The molecule has 0 spiro atoms. The van der Waals surface area contributed by atoms with E-state index in [4.69, 9.17) is 18.9 Å². The molecule has 2 aliphatic carbocycles. The third-order valence-electron chi connectivity index (χ3n) is 8.48. The minimum absolute atomic E-state index is 0.0866. The van der Waals surface area contributed by atoms with Crippen molar-refractivity contribution in [2.24, 2.45) is 17.8 Å². The minimum atomic E-state index is -0.899. The van der Waals surface area contributed by atoms with Gasteiger partial charge < -0.3 is 29.2 Å². The molecule has 1 saturated carbocycles. The van der Waals surface area contributed by atoms with Crippen LogP contribution in [-0.4, -0.2) is 60.3 Å². The van der Waals surface area contributed by atoms with Gasteiger partial charge in [-0.05, 0) is 74.8 Å². The van der Waals surface area contributed by atoms with Crippen molar-refractivity contribution in [3.8, 4) is 0 Å². The van der Waals surface area contributed by atoms with E-state index in [1.807, 2.05) is 0 Å². The number of hydrogen-bond acceptors (Lipinski definition) is 6. The van der Waals surface area contributed by atoms with Crippen LogP contribution in [0.2, 0.25) is 0 Å². The van der Waals surface area contributed by atoms with Crippen molar-refractivity contribution >= 4 is 5.97 Å². The normalized spacial score (nSPS) is 33.5. The number of benzene rings is 1. The summed E-state index contributed by atoms with van der Waals surface area (Å²) in [5, 5.41) is 20.3. The summed E-state index contributed by atoms with van der Waals surface area (Å²) in [5.74, 6) is -1.02. The van der Waals surface area contributed by atoms with Crippen LogP contribution >= 0.6 is 0 Å². The number of ether oxygens (including phenoxy) is 4. The molecule has 4 aliphatic rings. The molecule has 2 saturated heterocycles. The fraction of sp³-hybridized carbons (Fsp3) is 0.700. The van der Waals surface area contributed by atoms with E-state index < -0.39 is 18.0 Å². The summed E-state index contributed by atoms with van der Waals surface area (Å²) in [6.45, 7) is 1.41. The van der Waals surface area contributed by atoms with Crippen molar-refractivity contribution in [1.29, 1.82) is 0 Å². The van der Waals surface area contributed by atoms with Gasteiger partial charge in [0.15, 0.2) is 12.6 Å². The number of aliphatic carboxylic acids is 1. The van der Waals surface area contributed by atoms with Crippen LogP contribution < -0.4 is 0 Å². The molecule has 1 aromatic carbocycles. The van der Waals surface area contributed by atoms with E-state index in [1.165, 1.54) is 11.1 Å². The molecule has 3 fully saturated rings. The van der Waals surface area contributed by atoms with Crippen molar-refractivity contribution < 1.29 is 34.0 Å². The Morgan fingerprint density at radius 2 is 1.70 bits per heavy atom. The number of fused-ring (bicyclic) bond motifs is 1. The van der Waals surface area contributed by atoms with Gasteiger partial charge in [-0.2, -0.15) is 0 Å². The monoisotopic (exact) mass is 514 g/mol. The summed E-state index contributed by atoms with van der Waals surface area (Å²) in [5.41, 5.74) is 2.84. The first-order valence-corrected chi connectivity index (χ1v) is 14.2. The van der Waals surface area contributed by atoms with E-state index in [0.717, 1.165) is 64.4 Å². The van der Waals surface area contributed by atoms with Gasteiger partial charge in [-0.25, -0.2) is 0 Å². The number of carboxylic acid groups (broad SMARTS) is 1. The van der Waals surface area contributed by atoms with Gasteiger partial charge >= 0.3 is 5.97 Å². The molecule has 0 aromatic heterocycles. The second-order valence-corrected chi connectivity index (χ2v) is 11.2. The highest BCUT2D eigenvalue weighted by molar-refractivity contribution is 5.67. The molecule has 7 heteroatoms. The Labute approximate surface area is 220 Å². The summed E-state index contributed by atoms with van der Waals surface area (Å²) in [4.78, 5) is 11.6. The quantitative estimate of drug-likeness (QED) is 0.439. The van der Waals surface area contributed by atoms with Crippen molar-refractivity contribution in [2.45, 2.75) is 102 Å². The summed E-state index contributed by atoms with van der Waals surface area (Å²) in [6.07, 6.45) is 11.8. The molecule has 0 bridgehead atoms. The first-order valence-electron chi connectivity index (χ1n) is 14.2. The second kappa shape index (κ2) is 12.9. The minimum Gasteiger partial charge on any atom is -0.481 e. The average Bonchev–Trinajstić information content (AvgIpc) is 3.43. The fourth-order valence-electron chi connectivity index (χ4n) is 6.59. The van der Waals surface area contributed by atoms with Crippen molar-refractivity contribution in [3.63, 3.8) is 0 Å². The Morgan fingerprint density at radius 3 is 2.32 bits per heavy atom. The lowest BCUT2D eigenvalue weighted by Gasteiger charge is -2.30. The summed E-state index contributed by atoms with van der Waals surface area (Å²) >= 11 is 0. The topological polar surface area (TPSA) is 94.5 Å². The molecule has 0 amide bonds. The van der Waals surface area contributed by atoms with E-state index in [1.54, 1.807) is 0 Å². The van der Waals surface area contributed by atoms with Crippen molar-refractivity contribution in [2.75, 3.05) is 13.2 Å². The third-order valence-corrected chi connectivity index (χ3v) is 8.48. The molecule has 7 nitrogen and oxygen atoms in total. The van der Waals surface area contributed by atoms with E-state index in [0.29, 0.717) is 18.9 Å². The molecule has 2 aliphatic heterocycles. The number of hydrogen-bond donors (Lipinski definition) is 2. The Hall–Kier alpha value is -1.77. The number of carbonyl (C=O) groups is 1. The van der Waals surface area contributed by atoms with Crippen molar-refractivity contribution in [1.82, 2.24) is 0 Å². The third kappa shape index (κ3) is 7.21. The number of carboxylic acids is 1. The molecule has 2 heterocycles. The lowest BCUT2D eigenvalue weighted by atomic mass is 9.89. The maximum Gasteiger partial charge on any atom is 0.303 e. The Balaban J connectivity index is 1.31. The predicted molar refractivity (Wildman–Crippen MR) is 138 cm³/mol. The molecular weight excluding hydrogens is 472 g/mol. The lowest BCUT2D eigenvalue weighted by Crippen LogP contribution is -2.32. The predicted octanol–water partition coefficient (Wildman–Crippen LogP) is 4.64. The van der Waals surface area contributed by atoms with Crippen LogP contribution in [0.25, 0.3) is 0 Å². The van der Waals surface area contributed by atoms with E-state index in [9.17, 15) is 15.0 Å². The SMILES string of the molecule is O=C(O)CC1C(O)CC(OC2CCCCO2)C1C=CC(CC1Cc2ccccc2C1)OC1CCCCO1. The van der Waals surface area contributed by atoms with Crippen LogP contribution in [0.3, 0.4) is 0 Å². The van der Waals surface area contributed by atoms with Gasteiger partial charge in [0.25, 0.3) is 0 Å². The van der Waals surface area contributed by atoms with Crippen LogP contribution in [0.15, 0.2) is 36.4 Å². The number of aliphatic hydroxyl groups excluding tert-OH is 1. The standard InChI is InChI=1S/C30H42O7/c31-26-19-27(37-30-10-4-6-14-35-30)24(25(26)18-28(32)33)12-11-23(36-29-9-3-5-13-34-29)17-20-15-21-7-1-2-8-22(21)16-20/h1-2,7-8,11-12,20,23-27,29-31H,3-6,9-10,13-19H2,(H,32,33). The van der Waals surface area contributed by atoms with Gasteiger partial charge in [-0.15, -0.1) is 0 Å². The van der Waals surface area contributed by atoms with Gasteiger partial charge in [0.1, 0.15) is 0 Å². The Bertz CT molecular complexity index is 880. The molecule has 7 atom stereocenters. The van der Waals surface area contributed by atoms with Gasteiger partial charge in [0.2, 0.25) is 0 Å². The molecular formula is C30H42O7. The van der Waals surface area contributed by atoms with Gasteiger partial charge in [-0.3, -0.25) is 4.79 Å². The maximum atomic E-state index is 11.6. The maximum absolute atomic E-state index is 11.6. The smallest absolute Gasteiger partial charge is 0.303 e. The molecule has 0 radical (unpaired) electrons. The zero-order valence-electron chi connectivity index (χ0n) is 21.7. The number of rotatable bonds is 10. The number of aliphatic hydroxyl groups is 1. The van der Waals surface area contributed by atoms with Crippen molar-refractivity contribution in [3.05, 3.63) is 47.5 Å². The molecule has 7 unspecified atom stereocenters. The first-order chi connectivity index (χ1) is 18.0. The van der Waals surface area contributed by atoms with Gasteiger partial charge in [0, 0.05) is 31.5 Å². The molecule has 204 valence electrons. The zero-order valence-corrected chi connectivity index (χ0v) is 21.7. The highest BCUT2D eigenvalue weighted by Gasteiger charge is 2.44. The van der Waals surface area contributed by atoms with Crippen LogP contribution in [-0.2, 0) is 36.6 Å². The van der Waals surface area contributed by atoms with Gasteiger partial charge in [-0.1, -0.05) is 36.4 Å². The lowest BCUT2D eigenvalue weighted by molar-refractivity contribution is -0.193. The second-order valence-electron chi connectivity index (χ2n) is 11.2. The zero-order chi connectivity index (χ0) is 25.6. The van der Waals surface area contributed by atoms with Crippen LogP contribution in [0, 0.1) is 17.8 Å². The molecule has 1 aromatic rings.